The predicted octanol–water partition coefficient (Wildman–Crippen LogP) is 11.0. The molecule has 6 aromatic carbocycles. The summed E-state index contributed by atoms with van der Waals surface area (Å²) in [4.78, 5) is 28.8. The minimum Gasteiger partial charge on any atom is -0.478 e. The van der Waals surface area contributed by atoms with Crippen molar-refractivity contribution < 1.29 is 14.7 Å². The number of carbonyl (C=O) groups excluding carboxylic acids is 1. The van der Waals surface area contributed by atoms with Gasteiger partial charge in [0.15, 0.2) is 4.32 Å². The highest BCUT2D eigenvalue weighted by Crippen LogP contribution is 2.37. The van der Waals surface area contributed by atoms with E-state index in [1.165, 1.54) is 39.9 Å². The number of thiocarbonyl (C=S) groups is 1. The van der Waals surface area contributed by atoms with E-state index in [0.29, 0.717) is 14.9 Å². The Morgan fingerprint density at radius 2 is 1.15 bits per heavy atom. The lowest BCUT2D eigenvalue weighted by atomic mass is 10.1. The maximum atomic E-state index is 13.3. The third-order valence-corrected chi connectivity index (χ3v) is 9.96. The first-order valence-corrected chi connectivity index (χ1v) is 18.1. The number of benzene rings is 6. The molecule has 1 aliphatic heterocycles. The summed E-state index contributed by atoms with van der Waals surface area (Å²) >= 11 is 6.73. The zero-order chi connectivity index (χ0) is 36.9. The number of aromatic carboxylic acids is 1. The lowest BCUT2D eigenvalue weighted by Crippen LogP contribution is -2.27. The van der Waals surface area contributed by atoms with Gasteiger partial charge in [0.2, 0.25) is 0 Å². The lowest BCUT2D eigenvalue weighted by molar-refractivity contribution is -0.113. The molecule has 9 heteroatoms. The first-order chi connectivity index (χ1) is 25.7. The number of thioether (sulfide) groups is 1. The normalized spacial score (nSPS) is 13.5. The minimum absolute atomic E-state index is 0.140. The van der Waals surface area contributed by atoms with Crippen LogP contribution >= 0.6 is 24.0 Å². The summed E-state index contributed by atoms with van der Waals surface area (Å²) in [5, 5.41) is 16.0. The maximum absolute atomic E-state index is 13.3. The van der Waals surface area contributed by atoms with Crippen LogP contribution in [0.1, 0.15) is 32.6 Å². The van der Waals surface area contributed by atoms with Crippen molar-refractivity contribution in [2.45, 2.75) is 13.8 Å². The molecular weight excluding hydrogens is 697 g/mol. The van der Waals surface area contributed by atoms with Gasteiger partial charge in [-0.15, -0.1) is 0 Å². The molecule has 0 atom stereocenters. The van der Waals surface area contributed by atoms with Crippen LogP contribution in [0.3, 0.4) is 0 Å². The number of hydrazone groups is 1. The van der Waals surface area contributed by atoms with E-state index in [4.69, 9.17) is 17.3 Å². The number of carboxylic acid groups (broad SMARTS) is 1. The largest absolute Gasteiger partial charge is 0.478 e. The standard InChI is InChI=1S/C44H34N4O3S2/c1-30-8-18-35(19-9-30)46(36-20-10-31(2)11-21-36)37-22-14-33(15-23-37)29-45-48(39-6-4-3-5-7-39)40-24-12-32(13-25-40)28-41-42(49)47(44(52)53-41)38-26-16-34(17-27-38)43(50)51/h3-29H,1-2H3,(H,50,51). The Labute approximate surface area is 318 Å². The van der Waals surface area contributed by atoms with Crippen molar-refractivity contribution in [2.75, 3.05) is 14.8 Å². The van der Waals surface area contributed by atoms with Gasteiger partial charge in [0.05, 0.1) is 33.7 Å². The van der Waals surface area contributed by atoms with Gasteiger partial charge < -0.3 is 10.0 Å². The molecule has 0 saturated carbocycles. The number of aryl methyl sites for hydroxylation is 2. The summed E-state index contributed by atoms with van der Waals surface area (Å²) in [6.45, 7) is 4.18. The van der Waals surface area contributed by atoms with E-state index in [9.17, 15) is 14.7 Å². The number of rotatable bonds is 10. The highest BCUT2D eigenvalue weighted by atomic mass is 32.2. The fraction of sp³-hybridized carbons (Fsp3) is 0.0455. The first kappa shape index (κ1) is 35.1. The van der Waals surface area contributed by atoms with E-state index in [0.717, 1.165) is 39.6 Å². The highest BCUT2D eigenvalue weighted by molar-refractivity contribution is 8.27. The summed E-state index contributed by atoms with van der Waals surface area (Å²) < 4.78 is 0.386. The van der Waals surface area contributed by atoms with E-state index in [1.807, 2.05) is 71.9 Å². The number of carbonyl (C=O) groups is 2. The van der Waals surface area contributed by atoms with Crippen molar-refractivity contribution in [1.82, 2.24) is 0 Å². The number of amides is 1. The molecule has 0 radical (unpaired) electrons. The van der Waals surface area contributed by atoms with Crippen LogP contribution in [-0.2, 0) is 4.79 Å². The van der Waals surface area contributed by atoms with Gasteiger partial charge in [-0.2, -0.15) is 5.10 Å². The Balaban J connectivity index is 1.12. The van der Waals surface area contributed by atoms with E-state index >= 15 is 0 Å². The summed E-state index contributed by atoms with van der Waals surface area (Å²) in [5.74, 6) is -1.29. The number of hydrogen-bond donors (Lipinski definition) is 1. The second-order valence-corrected chi connectivity index (χ2v) is 14.1. The van der Waals surface area contributed by atoms with Crippen molar-refractivity contribution >= 4 is 86.6 Å². The van der Waals surface area contributed by atoms with Crippen LogP contribution in [0.2, 0.25) is 0 Å². The van der Waals surface area contributed by atoms with E-state index < -0.39 is 5.97 Å². The average molecular weight is 731 g/mol. The van der Waals surface area contributed by atoms with E-state index in [1.54, 1.807) is 12.1 Å². The van der Waals surface area contributed by atoms with Crippen molar-refractivity contribution in [2.24, 2.45) is 5.10 Å². The molecule has 0 aliphatic carbocycles. The number of anilines is 6. The molecule has 260 valence electrons. The molecule has 1 fully saturated rings. The van der Waals surface area contributed by atoms with Crippen LogP contribution in [0.4, 0.5) is 34.1 Å². The van der Waals surface area contributed by atoms with Gasteiger partial charge in [0.1, 0.15) is 0 Å². The van der Waals surface area contributed by atoms with Gasteiger partial charge in [-0.25, -0.2) is 9.80 Å². The summed E-state index contributed by atoms with van der Waals surface area (Å²) in [7, 11) is 0. The lowest BCUT2D eigenvalue weighted by Gasteiger charge is -2.26. The zero-order valence-corrected chi connectivity index (χ0v) is 30.6. The SMILES string of the molecule is Cc1ccc(N(c2ccc(C)cc2)c2ccc(C=NN(c3ccccc3)c3ccc(C=C4SC(=S)N(c5ccc(C(=O)O)cc5)C4=O)cc3)cc2)cc1. The number of hydrogen-bond acceptors (Lipinski definition) is 7. The molecular formula is C44H34N4O3S2. The van der Waals surface area contributed by atoms with E-state index in [2.05, 4.69) is 91.5 Å². The van der Waals surface area contributed by atoms with Crippen LogP contribution < -0.4 is 14.8 Å². The molecule has 1 N–H and O–H groups in total. The molecule has 7 rings (SSSR count). The Hall–Kier alpha value is -6.29. The molecule has 1 saturated heterocycles. The summed E-state index contributed by atoms with van der Waals surface area (Å²) in [6.07, 6.45) is 3.66. The monoisotopic (exact) mass is 730 g/mol. The van der Waals surface area contributed by atoms with Gasteiger partial charge in [-0.3, -0.25) is 9.69 Å². The maximum Gasteiger partial charge on any atom is 0.335 e. The van der Waals surface area contributed by atoms with Gasteiger partial charge in [0, 0.05) is 17.1 Å². The Morgan fingerprint density at radius 1 is 0.660 bits per heavy atom. The molecule has 0 aromatic heterocycles. The quantitative estimate of drug-likeness (QED) is 0.0651. The molecule has 1 amide bonds. The Morgan fingerprint density at radius 3 is 1.70 bits per heavy atom. The van der Waals surface area contributed by atoms with Crippen LogP contribution in [0, 0.1) is 13.8 Å². The molecule has 0 bridgehead atoms. The molecule has 1 aliphatic rings. The van der Waals surface area contributed by atoms with Crippen LogP contribution in [0.15, 0.2) is 162 Å². The average Bonchev–Trinajstić information content (AvgIpc) is 3.46. The van der Waals surface area contributed by atoms with E-state index in [-0.39, 0.29) is 11.5 Å². The van der Waals surface area contributed by atoms with Crippen molar-refractivity contribution in [3.05, 3.63) is 184 Å². The predicted molar refractivity (Wildman–Crippen MR) is 222 cm³/mol. The second kappa shape index (κ2) is 15.5. The third kappa shape index (κ3) is 7.97. The number of para-hydroxylation sites is 1. The highest BCUT2D eigenvalue weighted by Gasteiger charge is 2.33. The molecule has 0 spiro atoms. The van der Waals surface area contributed by atoms with Gasteiger partial charge in [-0.1, -0.05) is 102 Å². The molecule has 53 heavy (non-hydrogen) atoms. The molecule has 6 aromatic rings. The Bertz CT molecular complexity index is 2280. The second-order valence-electron chi connectivity index (χ2n) is 12.5. The number of nitrogens with zero attached hydrogens (tertiary/aromatic N) is 4. The fourth-order valence-corrected chi connectivity index (χ4v) is 7.13. The fourth-order valence-electron chi connectivity index (χ4n) is 5.83. The van der Waals surface area contributed by atoms with Crippen LogP contribution in [0.5, 0.6) is 0 Å². The van der Waals surface area contributed by atoms with Crippen LogP contribution in [-0.4, -0.2) is 27.5 Å². The van der Waals surface area contributed by atoms with Crippen molar-refractivity contribution in [3.8, 4) is 0 Å². The zero-order valence-electron chi connectivity index (χ0n) is 29.0. The van der Waals surface area contributed by atoms with Crippen molar-refractivity contribution in [3.63, 3.8) is 0 Å². The smallest absolute Gasteiger partial charge is 0.335 e. The molecule has 1 heterocycles. The first-order valence-electron chi connectivity index (χ1n) is 16.9. The third-order valence-electron chi connectivity index (χ3n) is 8.66. The summed E-state index contributed by atoms with van der Waals surface area (Å²) in [5.41, 5.74) is 9.80. The van der Waals surface area contributed by atoms with Crippen molar-refractivity contribution in [1.29, 1.82) is 0 Å². The Kier molecular flexibility index (Phi) is 10.3. The van der Waals surface area contributed by atoms with Gasteiger partial charge in [0.25, 0.3) is 5.91 Å². The minimum atomic E-state index is -1.03. The van der Waals surface area contributed by atoms with Gasteiger partial charge >= 0.3 is 5.97 Å². The van der Waals surface area contributed by atoms with Crippen LogP contribution in [0.25, 0.3) is 6.08 Å². The van der Waals surface area contributed by atoms with Gasteiger partial charge in [-0.05, 0) is 116 Å². The molecule has 0 unspecified atom stereocenters. The number of carboxylic acids is 1. The topological polar surface area (TPSA) is 76.4 Å². The molecule has 7 nitrogen and oxygen atoms in total. The summed E-state index contributed by atoms with van der Waals surface area (Å²) in [6, 6.07) is 49.2.